The summed E-state index contributed by atoms with van der Waals surface area (Å²) in [6.45, 7) is 4.94. The molecule has 1 saturated heterocycles. The molecule has 30 heavy (non-hydrogen) atoms. The van der Waals surface area contributed by atoms with Gasteiger partial charge in [-0.25, -0.2) is 0 Å². The highest BCUT2D eigenvalue weighted by molar-refractivity contribution is 6.36. The first-order chi connectivity index (χ1) is 14.5. The van der Waals surface area contributed by atoms with Crippen molar-refractivity contribution < 1.29 is 14.3 Å². The molecule has 0 saturated carbocycles. The maximum atomic E-state index is 13.1. The smallest absolute Gasteiger partial charge is 0.254 e. The van der Waals surface area contributed by atoms with Gasteiger partial charge >= 0.3 is 0 Å². The summed E-state index contributed by atoms with van der Waals surface area (Å²) in [5, 5.41) is 0.999. The van der Waals surface area contributed by atoms with Crippen molar-refractivity contribution in [2.45, 2.75) is 25.8 Å². The SMILES string of the molecule is C[C@H]1c2cccc(C(=O)N3CCOCC3)c2CCN1C(=O)Cc1c(Cl)cccc1Cl. The van der Waals surface area contributed by atoms with Crippen LogP contribution in [0.1, 0.15) is 40.0 Å². The van der Waals surface area contributed by atoms with Crippen LogP contribution in [0.15, 0.2) is 36.4 Å². The van der Waals surface area contributed by atoms with E-state index in [-0.39, 0.29) is 24.3 Å². The monoisotopic (exact) mass is 446 g/mol. The van der Waals surface area contributed by atoms with Crippen LogP contribution in [0, 0.1) is 0 Å². The highest BCUT2D eigenvalue weighted by atomic mass is 35.5. The maximum absolute atomic E-state index is 13.1. The summed E-state index contributed by atoms with van der Waals surface area (Å²) in [5.41, 5.74) is 3.46. The molecule has 2 aliphatic heterocycles. The van der Waals surface area contributed by atoms with E-state index in [4.69, 9.17) is 27.9 Å². The zero-order valence-electron chi connectivity index (χ0n) is 16.9. The first-order valence-electron chi connectivity index (χ1n) is 10.2. The summed E-state index contributed by atoms with van der Waals surface area (Å²) in [6.07, 6.45) is 0.804. The second-order valence-electron chi connectivity index (χ2n) is 7.67. The van der Waals surface area contributed by atoms with Crippen molar-refractivity contribution in [1.29, 1.82) is 0 Å². The van der Waals surface area contributed by atoms with Crippen LogP contribution in [0.3, 0.4) is 0 Å². The Morgan fingerprint density at radius 1 is 1.03 bits per heavy atom. The molecule has 0 spiro atoms. The molecule has 0 N–H and O–H groups in total. The Morgan fingerprint density at radius 3 is 2.40 bits per heavy atom. The van der Waals surface area contributed by atoms with E-state index in [1.54, 1.807) is 18.2 Å². The molecule has 158 valence electrons. The van der Waals surface area contributed by atoms with E-state index in [1.807, 2.05) is 34.9 Å². The standard InChI is InChI=1S/C23H24Cl2N2O3/c1-15-16-4-2-5-18(23(29)26-10-12-30-13-11-26)17(16)8-9-27(15)22(28)14-19-20(24)6-3-7-21(19)25/h2-7,15H,8-14H2,1H3/t15-/m0/s1. The fraction of sp³-hybridized carbons (Fsp3) is 0.391. The number of carbonyl (C=O) groups excluding carboxylic acids is 2. The minimum absolute atomic E-state index is 0.0203. The van der Waals surface area contributed by atoms with Gasteiger partial charge in [-0.15, -0.1) is 0 Å². The molecule has 5 nitrogen and oxygen atoms in total. The molecule has 2 amide bonds. The number of benzene rings is 2. The number of ether oxygens (including phenoxy) is 1. The lowest BCUT2D eigenvalue weighted by Gasteiger charge is -2.37. The summed E-state index contributed by atoms with van der Waals surface area (Å²) >= 11 is 12.5. The molecule has 0 aromatic heterocycles. The zero-order chi connectivity index (χ0) is 21.3. The number of amides is 2. The van der Waals surface area contributed by atoms with Gasteiger partial charge in [0.15, 0.2) is 0 Å². The summed E-state index contributed by atoms with van der Waals surface area (Å²) in [6, 6.07) is 10.9. The van der Waals surface area contributed by atoms with E-state index in [2.05, 4.69) is 0 Å². The van der Waals surface area contributed by atoms with Gasteiger partial charge in [-0.05, 0) is 48.2 Å². The van der Waals surface area contributed by atoms with Crippen molar-refractivity contribution in [3.8, 4) is 0 Å². The van der Waals surface area contributed by atoms with Gasteiger partial charge in [0.2, 0.25) is 5.91 Å². The second-order valence-corrected chi connectivity index (χ2v) is 8.48. The van der Waals surface area contributed by atoms with E-state index >= 15 is 0 Å². The van der Waals surface area contributed by atoms with Gasteiger partial charge in [-0.1, -0.05) is 41.4 Å². The maximum Gasteiger partial charge on any atom is 0.254 e. The van der Waals surface area contributed by atoms with Gasteiger partial charge in [-0.2, -0.15) is 0 Å². The van der Waals surface area contributed by atoms with Crippen LogP contribution in [-0.2, 0) is 22.4 Å². The van der Waals surface area contributed by atoms with E-state index in [1.165, 1.54) is 0 Å². The van der Waals surface area contributed by atoms with Crippen molar-refractivity contribution in [1.82, 2.24) is 9.80 Å². The number of carbonyl (C=O) groups is 2. The lowest BCUT2D eigenvalue weighted by molar-refractivity contribution is -0.133. The van der Waals surface area contributed by atoms with Crippen LogP contribution < -0.4 is 0 Å². The Bertz CT molecular complexity index is 953. The largest absolute Gasteiger partial charge is 0.378 e. The topological polar surface area (TPSA) is 49.9 Å². The molecule has 2 aromatic carbocycles. The Hall–Kier alpha value is -2.08. The normalized spacial score (nSPS) is 18.8. The molecule has 4 rings (SSSR count). The average molecular weight is 447 g/mol. The molecule has 0 bridgehead atoms. The highest BCUT2D eigenvalue weighted by Gasteiger charge is 2.31. The number of hydrogen-bond donors (Lipinski definition) is 0. The fourth-order valence-electron chi connectivity index (χ4n) is 4.30. The quantitative estimate of drug-likeness (QED) is 0.711. The van der Waals surface area contributed by atoms with Crippen LogP contribution in [0.5, 0.6) is 0 Å². The van der Waals surface area contributed by atoms with Crippen molar-refractivity contribution in [3.05, 3.63) is 68.7 Å². The lowest BCUT2D eigenvalue weighted by atomic mass is 9.88. The molecular formula is C23H24Cl2N2O3. The van der Waals surface area contributed by atoms with Gasteiger partial charge in [0, 0.05) is 35.2 Å². The van der Waals surface area contributed by atoms with Crippen molar-refractivity contribution in [3.63, 3.8) is 0 Å². The third kappa shape index (κ3) is 4.07. The second kappa shape index (κ2) is 8.96. The Balaban J connectivity index is 1.56. The summed E-state index contributed by atoms with van der Waals surface area (Å²) in [4.78, 5) is 29.8. The minimum Gasteiger partial charge on any atom is -0.378 e. The average Bonchev–Trinajstić information content (AvgIpc) is 2.76. The number of nitrogens with zero attached hydrogens (tertiary/aromatic N) is 2. The number of rotatable bonds is 3. The van der Waals surface area contributed by atoms with Crippen LogP contribution in [0.25, 0.3) is 0 Å². The van der Waals surface area contributed by atoms with Crippen LogP contribution >= 0.6 is 23.2 Å². The predicted molar refractivity (Wildman–Crippen MR) is 117 cm³/mol. The molecule has 1 atom stereocenters. The fourth-order valence-corrected chi connectivity index (χ4v) is 4.83. The van der Waals surface area contributed by atoms with Gasteiger partial charge < -0.3 is 14.5 Å². The number of hydrogen-bond acceptors (Lipinski definition) is 3. The molecule has 2 heterocycles. The molecule has 1 fully saturated rings. The van der Waals surface area contributed by atoms with Crippen LogP contribution in [0.2, 0.25) is 10.0 Å². The first-order valence-corrected chi connectivity index (χ1v) is 10.9. The zero-order valence-corrected chi connectivity index (χ0v) is 18.4. The Morgan fingerprint density at radius 2 is 1.70 bits per heavy atom. The lowest BCUT2D eigenvalue weighted by Crippen LogP contribution is -2.43. The molecule has 2 aliphatic rings. The van der Waals surface area contributed by atoms with E-state index in [0.29, 0.717) is 54.9 Å². The molecule has 0 aliphatic carbocycles. The minimum atomic E-state index is -0.125. The van der Waals surface area contributed by atoms with E-state index in [9.17, 15) is 9.59 Å². The molecule has 0 unspecified atom stereocenters. The number of morpholine rings is 1. The van der Waals surface area contributed by atoms with Gasteiger partial charge in [-0.3, -0.25) is 9.59 Å². The first kappa shape index (κ1) is 21.2. The van der Waals surface area contributed by atoms with E-state index in [0.717, 1.165) is 16.7 Å². The third-order valence-corrected chi connectivity index (χ3v) is 6.68. The van der Waals surface area contributed by atoms with Crippen molar-refractivity contribution in [2.24, 2.45) is 0 Å². The molecule has 7 heteroatoms. The summed E-state index contributed by atoms with van der Waals surface area (Å²) < 4.78 is 5.36. The third-order valence-electron chi connectivity index (χ3n) is 5.97. The van der Waals surface area contributed by atoms with Gasteiger partial charge in [0.25, 0.3) is 5.91 Å². The van der Waals surface area contributed by atoms with Crippen LogP contribution in [0.4, 0.5) is 0 Å². The number of halogens is 2. The van der Waals surface area contributed by atoms with Crippen molar-refractivity contribution in [2.75, 3.05) is 32.8 Å². The van der Waals surface area contributed by atoms with Gasteiger partial charge in [0.1, 0.15) is 0 Å². The number of fused-ring (bicyclic) bond motifs is 1. The van der Waals surface area contributed by atoms with Crippen molar-refractivity contribution >= 4 is 35.0 Å². The molecule has 2 aromatic rings. The summed E-state index contributed by atoms with van der Waals surface area (Å²) in [7, 11) is 0. The Kier molecular flexibility index (Phi) is 6.32. The Labute approximate surface area is 186 Å². The highest BCUT2D eigenvalue weighted by Crippen LogP contribution is 2.33. The van der Waals surface area contributed by atoms with Gasteiger partial charge in [0.05, 0.1) is 25.7 Å². The van der Waals surface area contributed by atoms with E-state index < -0.39 is 0 Å². The summed E-state index contributed by atoms with van der Waals surface area (Å²) in [5.74, 6) is 0.0260. The predicted octanol–water partition coefficient (Wildman–Crippen LogP) is 4.15. The molecule has 0 radical (unpaired) electrons. The molecular weight excluding hydrogens is 423 g/mol. The van der Waals surface area contributed by atoms with Crippen LogP contribution in [-0.4, -0.2) is 54.5 Å².